The van der Waals surface area contributed by atoms with E-state index in [0.717, 1.165) is 5.56 Å². The van der Waals surface area contributed by atoms with E-state index in [0.29, 0.717) is 41.3 Å². The SMILES string of the molecule is Cn1nnc(C(NCCNC(=O)c2cc(-c3nc4cc(NC(=O)[C@H]5CC5(F)F)ccc4o3)ccn2)c2ccccc2)n1. The van der Waals surface area contributed by atoms with Crippen LogP contribution in [0.25, 0.3) is 22.6 Å². The molecule has 2 atom stereocenters. The summed E-state index contributed by atoms with van der Waals surface area (Å²) in [5.74, 6) is -4.62. The molecule has 1 unspecified atom stereocenters. The molecule has 0 radical (unpaired) electrons. The lowest BCUT2D eigenvalue weighted by Gasteiger charge is -2.16. The second kappa shape index (κ2) is 11.0. The Morgan fingerprint density at radius 3 is 2.67 bits per heavy atom. The van der Waals surface area contributed by atoms with Gasteiger partial charge in [0.05, 0.1) is 13.1 Å². The first-order valence-electron chi connectivity index (χ1n) is 13.1. The Hall–Kier alpha value is -5.11. The number of hydrogen-bond acceptors (Lipinski definition) is 9. The molecule has 14 heteroatoms. The summed E-state index contributed by atoms with van der Waals surface area (Å²) in [7, 11) is 1.69. The van der Waals surface area contributed by atoms with Crippen molar-refractivity contribution in [2.75, 3.05) is 18.4 Å². The monoisotopic (exact) mass is 573 g/mol. The Morgan fingerprint density at radius 2 is 1.93 bits per heavy atom. The number of hydrogen-bond donors (Lipinski definition) is 3. The van der Waals surface area contributed by atoms with Gasteiger partial charge < -0.3 is 20.4 Å². The maximum atomic E-state index is 13.2. The van der Waals surface area contributed by atoms with E-state index >= 15 is 0 Å². The highest BCUT2D eigenvalue weighted by molar-refractivity contribution is 5.97. The summed E-state index contributed by atoms with van der Waals surface area (Å²) in [6.45, 7) is 0.726. The fourth-order valence-corrected chi connectivity index (χ4v) is 4.44. The number of pyridine rings is 1. The van der Waals surface area contributed by atoms with Gasteiger partial charge in [0.25, 0.3) is 11.8 Å². The van der Waals surface area contributed by atoms with Gasteiger partial charge in [-0.25, -0.2) is 13.8 Å². The molecule has 6 rings (SSSR count). The summed E-state index contributed by atoms with van der Waals surface area (Å²) in [5, 5.41) is 21.0. The van der Waals surface area contributed by atoms with Crippen molar-refractivity contribution in [2.45, 2.75) is 18.4 Å². The molecule has 0 aliphatic heterocycles. The summed E-state index contributed by atoms with van der Waals surface area (Å²) in [6.07, 6.45) is 1.03. The van der Waals surface area contributed by atoms with E-state index in [1.54, 1.807) is 37.4 Å². The smallest absolute Gasteiger partial charge is 0.269 e. The number of benzene rings is 2. The van der Waals surface area contributed by atoms with E-state index in [1.165, 1.54) is 11.0 Å². The predicted octanol–water partition coefficient (Wildman–Crippen LogP) is 3.12. The lowest BCUT2D eigenvalue weighted by molar-refractivity contribution is -0.119. The number of tetrazole rings is 1. The van der Waals surface area contributed by atoms with E-state index in [9.17, 15) is 18.4 Å². The lowest BCUT2D eigenvalue weighted by Crippen LogP contribution is -2.34. The maximum absolute atomic E-state index is 13.2. The standard InChI is InChI=1S/C28H25F2N9O3/c1-39-37-24(36-38-39)23(16-5-3-2-4-6-16)32-11-12-33-26(41)21-13-17(9-10-31-21)27-35-20-14-18(7-8-22(20)42-27)34-25(40)19-15-28(19,29)30/h2-10,13-14,19,23,32H,11-12,15H2,1H3,(H,33,41)(H,34,40)/t19-,23?/m1/s1. The second-order valence-electron chi connectivity index (χ2n) is 9.83. The summed E-state index contributed by atoms with van der Waals surface area (Å²) < 4.78 is 32.2. The molecule has 0 bridgehead atoms. The molecule has 1 aliphatic rings. The summed E-state index contributed by atoms with van der Waals surface area (Å²) in [4.78, 5) is 34.9. The van der Waals surface area contributed by atoms with Crippen LogP contribution in [-0.4, -0.2) is 61.0 Å². The van der Waals surface area contributed by atoms with E-state index in [2.05, 4.69) is 41.3 Å². The number of alkyl halides is 2. The van der Waals surface area contributed by atoms with Crippen LogP contribution < -0.4 is 16.0 Å². The van der Waals surface area contributed by atoms with Crippen LogP contribution in [-0.2, 0) is 11.8 Å². The second-order valence-corrected chi connectivity index (χ2v) is 9.83. The van der Waals surface area contributed by atoms with Gasteiger partial charge in [0, 0.05) is 37.0 Å². The maximum Gasteiger partial charge on any atom is 0.269 e. The van der Waals surface area contributed by atoms with Gasteiger partial charge in [-0.05, 0) is 41.1 Å². The largest absolute Gasteiger partial charge is 0.436 e. The number of aryl methyl sites for hydroxylation is 1. The highest BCUT2D eigenvalue weighted by atomic mass is 19.3. The minimum absolute atomic E-state index is 0.170. The van der Waals surface area contributed by atoms with Crippen molar-refractivity contribution in [3.05, 3.63) is 83.9 Å². The van der Waals surface area contributed by atoms with Crippen LogP contribution in [0.5, 0.6) is 0 Å². The summed E-state index contributed by atoms with van der Waals surface area (Å²) in [6, 6.07) is 17.3. The summed E-state index contributed by atoms with van der Waals surface area (Å²) >= 11 is 0. The van der Waals surface area contributed by atoms with Crippen LogP contribution in [0.4, 0.5) is 14.5 Å². The van der Waals surface area contributed by atoms with Gasteiger partial charge >= 0.3 is 0 Å². The number of halogens is 2. The first-order chi connectivity index (χ1) is 20.3. The number of anilines is 1. The van der Waals surface area contributed by atoms with Gasteiger partial charge in [-0.1, -0.05) is 30.3 Å². The number of nitrogens with one attached hydrogen (secondary N) is 3. The zero-order chi connectivity index (χ0) is 29.3. The number of rotatable bonds is 10. The third kappa shape index (κ3) is 5.83. The highest BCUT2D eigenvalue weighted by Crippen LogP contribution is 2.49. The Labute approximate surface area is 237 Å². The first-order valence-corrected chi connectivity index (χ1v) is 13.1. The van der Waals surface area contributed by atoms with Gasteiger partial charge in [-0.3, -0.25) is 14.6 Å². The number of carbonyl (C=O) groups excluding carboxylic acids is 2. The molecule has 0 spiro atoms. The van der Waals surface area contributed by atoms with Gasteiger partial charge in [-0.2, -0.15) is 4.80 Å². The molecule has 5 aromatic rings. The Balaban J connectivity index is 1.08. The van der Waals surface area contributed by atoms with Crippen molar-refractivity contribution < 1.29 is 22.8 Å². The van der Waals surface area contributed by atoms with Gasteiger partial charge in [-0.15, -0.1) is 10.2 Å². The topological polar surface area (TPSA) is 153 Å². The molecule has 2 aromatic carbocycles. The average Bonchev–Trinajstić information content (AvgIpc) is 3.28. The number of aromatic nitrogens is 6. The molecule has 3 heterocycles. The molecule has 3 N–H and O–H groups in total. The normalized spacial score (nSPS) is 16.2. The van der Waals surface area contributed by atoms with E-state index in [-0.39, 0.29) is 23.5 Å². The summed E-state index contributed by atoms with van der Waals surface area (Å²) in [5.41, 5.74) is 2.84. The van der Waals surface area contributed by atoms with Crippen molar-refractivity contribution in [1.82, 2.24) is 40.8 Å². The van der Waals surface area contributed by atoms with Crippen molar-refractivity contribution in [3.63, 3.8) is 0 Å². The van der Waals surface area contributed by atoms with Crippen LogP contribution in [0.3, 0.4) is 0 Å². The Morgan fingerprint density at radius 1 is 1.12 bits per heavy atom. The van der Waals surface area contributed by atoms with Crippen molar-refractivity contribution in [3.8, 4) is 11.5 Å². The zero-order valence-electron chi connectivity index (χ0n) is 22.3. The van der Waals surface area contributed by atoms with Crippen LogP contribution >= 0.6 is 0 Å². The average molecular weight is 574 g/mol. The Bertz CT molecular complexity index is 1760. The number of fused-ring (bicyclic) bond motifs is 1. The number of oxazole rings is 1. The van der Waals surface area contributed by atoms with Gasteiger partial charge in [0.1, 0.15) is 17.1 Å². The first kappa shape index (κ1) is 27.1. The molecular formula is C28H25F2N9O3. The number of amides is 2. The van der Waals surface area contributed by atoms with E-state index in [1.807, 2.05) is 30.3 Å². The van der Waals surface area contributed by atoms with Crippen LogP contribution in [0, 0.1) is 5.92 Å². The molecule has 0 saturated heterocycles. The van der Waals surface area contributed by atoms with Crippen LogP contribution in [0.15, 0.2) is 71.3 Å². The molecule has 3 aromatic heterocycles. The van der Waals surface area contributed by atoms with Crippen molar-refractivity contribution >= 4 is 28.6 Å². The molecule has 12 nitrogen and oxygen atoms in total. The van der Waals surface area contributed by atoms with Crippen LogP contribution in [0.1, 0.15) is 34.3 Å². The fourth-order valence-electron chi connectivity index (χ4n) is 4.44. The molecule has 1 fully saturated rings. The lowest BCUT2D eigenvalue weighted by atomic mass is 10.1. The molecule has 1 saturated carbocycles. The predicted molar refractivity (Wildman–Crippen MR) is 146 cm³/mol. The van der Waals surface area contributed by atoms with Crippen molar-refractivity contribution in [2.24, 2.45) is 13.0 Å². The third-order valence-electron chi connectivity index (χ3n) is 6.71. The zero-order valence-corrected chi connectivity index (χ0v) is 22.3. The van der Waals surface area contributed by atoms with Crippen LogP contribution in [0.2, 0.25) is 0 Å². The Kier molecular flexibility index (Phi) is 7.12. The quantitative estimate of drug-likeness (QED) is 0.214. The number of nitrogens with zero attached hydrogens (tertiary/aromatic N) is 6. The highest BCUT2D eigenvalue weighted by Gasteiger charge is 2.61. The molecule has 214 valence electrons. The van der Waals surface area contributed by atoms with E-state index in [4.69, 9.17) is 4.42 Å². The van der Waals surface area contributed by atoms with Gasteiger partial charge in [0.2, 0.25) is 11.8 Å². The number of carbonyl (C=O) groups is 2. The third-order valence-corrected chi connectivity index (χ3v) is 6.71. The van der Waals surface area contributed by atoms with E-state index < -0.39 is 24.2 Å². The van der Waals surface area contributed by atoms with Gasteiger partial charge in [0.15, 0.2) is 11.4 Å². The minimum atomic E-state index is -2.95. The fraction of sp³-hybridized carbons (Fsp3) is 0.250. The molecule has 1 aliphatic carbocycles. The molecule has 42 heavy (non-hydrogen) atoms. The molecular weight excluding hydrogens is 548 g/mol. The minimum Gasteiger partial charge on any atom is -0.436 e. The molecule has 2 amide bonds. The van der Waals surface area contributed by atoms with Crippen molar-refractivity contribution in [1.29, 1.82) is 0 Å².